The molecule has 1 aromatic heterocycles. The summed E-state index contributed by atoms with van der Waals surface area (Å²) in [6.07, 6.45) is 0.682. The van der Waals surface area contributed by atoms with Crippen LogP contribution in [0.3, 0.4) is 0 Å². The number of halogens is 1. The summed E-state index contributed by atoms with van der Waals surface area (Å²) in [4.78, 5) is 23.6. The fourth-order valence-electron chi connectivity index (χ4n) is 3.69. The van der Waals surface area contributed by atoms with Crippen LogP contribution in [0.2, 0.25) is 5.15 Å². The maximum absolute atomic E-state index is 13.7. The standard InChI is InChI=1S/C23H30ClN3O7S/c1-6-26-13-19(21(24)25-26)35(31,32)27-12-16(9-14(2)22(29)30)33-18-8-7-15(10-17(18)27)11-20(28)34-23(3,4)5/h7-8,10,13-14,16H,6,9,11-12H2,1-5H3,(H,29,30)/t14-,16-/m0/s1. The molecule has 2 atom stereocenters. The van der Waals surface area contributed by atoms with E-state index in [9.17, 15) is 23.1 Å². The predicted octanol–water partition coefficient (Wildman–Crippen LogP) is 3.51. The molecular weight excluding hydrogens is 498 g/mol. The second-order valence-corrected chi connectivity index (χ2v) is 11.6. The third-order valence-corrected chi connectivity index (χ3v) is 7.51. The molecule has 0 saturated heterocycles. The summed E-state index contributed by atoms with van der Waals surface area (Å²) in [7, 11) is -4.18. The van der Waals surface area contributed by atoms with Crippen molar-refractivity contribution in [3.63, 3.8) is 0 Å². The minimum absolute atomic E-state index is 0.0631. The van der Waals surface area contributed by atoms with Crippen molar-refractivity contribution in [2.24, 2.45) is 5.92 Å². The number of hydrogen-bond acceptors (Lipinski definition) is 7. The molecule has 0 fully saturated rings. The molecule has 0 aliphatic carbocycles. The molecule has 10 nitrogen and oxygen atoms in total. The van der Waals surface area contributed by atoms with E-state index in [0.29, 0.717) is 12.1 Å². The zero-order chi connectivity index (χ0) is 26.1. The Balaban J connectivity index is 2.02. The van der Waals surface area contributed by atoms with Gasteiger partial charge in [-0.15, -0.1) is 0 Å². The number of fused-ring (bicyclic) bond motifs is 1. The number of rotatable bonds is 8. The lowest BCUT2D eigenvalue weighted by atomic mass is 10.0. The number of hydrogen-bond donors (Lipinski definition) is 1. The molecule has 2 aromatic rings. The average Bonchev–Trinajstić information content (AvgIpc) is 3.13. The number of carboxylic acid groups (broad SMARTS) is 1. The molecule has 1 aromatic carbocycles. The fourth-order valence-corrected chi connectivity index (χ4v) is 5.64. The van der Waals surface area contributed by atoms with Gasteiger partial charge in [0.05, 0.1) is 24.6 Å². The highest BCUT2D eigenvalue weighted by atomic mass is 35.5. The molecule has 0 spiro atoms. The van der Waals surface area contributed by atoms with Gasteiger partial charge in [0.2, 0.25) is 0 Å². The Morgan fingerprint density at radius 3 is 2.60 bits per heavy atom. The fraction of sp³-hybridized carbons (Fsp3) is 0.522. The van der Waals surface area contributed by atoms with Crippen LogP contribution < -0.4 is 9.04 Å². The van der Waals surface area contributed by atoms with Crippen molar-refractivity contribution in [3.8, 4) is 5.75 Å². The van der Waals surface area contributed by atoms with Crippen molar-refractivity contribution < 1.29 is 32.6 Å². The molecule has 1 aliphatic rings. The summed E-state index contributed by atoms with van der Waals surface area (Å²) in [5.74, 6) is -1.95. The molecule has 1 N–H and O–H groups in total. The number of aliphatic carboxylic acids is 1. The van der Waals surface area contributed by atoms with E-state index in [1.54, 1.807) is 45.9 Å². The van der Waals surface area contributed by atoms with E-state index < -0.39 is 39.6 Å². The van der Waals surface area contributed by atoms with Crippen LogP contribution in [-0.4, -0.2) is 53.5 Å². The monoisotopic (exact) mass is 527 g/mol. The number of carbonyl (C=O) groups is 2. The second-order valence-electron chi connectivity index (χ2n) is 9.46. The van der Waals surface area contributed by atoms with Gasteiger partial charge in [0.1, 0.15) is 22.4 Å². The Morgan fingerprint density at radius 2 is 2.03 bits per heavy atom. The summed E-state index contributed by atoms with van der Waals surface area (Å²) < 4.78 is 41.3. The van der Waals surface area contributed by atoms with Gasteiger partial charge in [0.15, 0.2) is 5.15 Å². The van der Waals surface area contributed by atoms with Gasteiger partial charge in [0, 0.05) is 12.7 Å². The van der Waals surface area contributed by atoms with E-state index in [0.717, 1.165) is 4.31 Å². The molecule has 12 heteroatoms. The number of aryl methyl sites for hydroxylation is 1. The maximum Gasteiger partial charge on any atom is 0.310 e. The SMILES string of the molecule is CCn1cc(S(=O)(=O)N2C[C@H](C[C@H](C)C(=O)O)Oc3ccc(CC(=O)OC(C)(C)C)cc32)c(Cl)n1. The number of nitrogens with zero attached hydrogens (tertiary/aromatic N) is 3. The number of carboxylic acids is 1. The Labute approximate surface area is 209 Å². The Hall–Kier alpha value is -2.79. The van der Waals surface area contributed by atoms with Gasteiger partial charge in [-0.1, -0.05) is 24.6 Å². The van der Waals surface area contributed by atoms with Crippen molar-refractivity contribution >= 4 is 39.3 Å². The van der Waals surface area contributed by atoms with Gasteiger partial charge in [-0.05, 0) is 51.8 Å². The lowest BCUT2D eigenvalue weighted by Gasteiger charge is -2.36. The third-order valence-electron chi connectivity index (χ3n) is 5.34. The van der Waals surface area contributed by atoms with Gasteiger partial charge in [-0.3, -0.25) is 18.6 Å². The van der Waals surface area contributed by atoms with Crippen LogP contribution in [0, 0.1) is 5.92 Å². The summed E-state index contributed by atoms with van der Waals surface area (Å²) in [5.41, 5.74) is 0.105. The zero-order valence-electron chi connectivity index (χ0n) is 20.3. The van der Waals surface area contributed by atoms with Gasteiger partial charge < -0.3 is 14.6 Å². The van der Waals surface area contributed by atoms with Crippen LogP contribution >= 0.6 is 11.6 Å². The molecule has 3 rings (SSSR count). The molecule has 192 valence electrons. The van der Waals surface area contributed by atoms with Crippen molar-refractivity contribution in [3.05, 3.63) is 35.1 Å². The predicted molar refractivity (Wildman–Crippen MR) is 129 cm³/mol. The largest absolute Gasteiger partial charge is 0.486 e. The number of benzene rings is 1. The molecule has 0 amide bonds. The molecule has 0 unspecified atom stereocenters. The first-order valence-corrected chi connectivity index (χ1v) is 13.0. The molecule has 0 saturated carbocycles. The van der Waals surface area contributed by atoms with E-state index in [2.05, 4.69) is 5.10 Å². The Kier molecular flexibility index (Phi) is 7.71. The van der Waals surface area contributed by atoms with Gasteiger partial charge in [0.25, 0.3) is 10.0 Å². The zero-order valence-corrected chi connectivity index (χ0v) is 21.9. The Bertz CT molecular complexity index is 1220. The summed E-state index contributed by atoms with van der Waals surface area (Å²) >= 11 is 6.17. The first kappa shape index (κ1) is 26.8. The van der Waals surface area contributed by atoms with Crippen molar-refractivity contribution in [1.29, 1.82) is 0 Å². The lowest BCUT2D eigenvalue weighted by Crippen LogP contribution is -2.44. The van der Waals surface area contributed by atoms with Gasteiger partial charge in [-0.25, -0.2) is 8.42 Å². The molecule has 1 aliphatic heterocycles. The van der Waals surface area contributed by atoms with Gasteiger partial charge in [-0.2, -0.15) is 5.10 Å². The summed E-state index contributed by atoms with van der Waals surface area (Å²) in [6.45, 7) is 8.92. The molecule has 0 bridgehead atoms. The van der Waals surface area contributed by atoms with E-state index >= 15 is 0 Å². The molecule has 35 heavy (non-hydrogen) atoms. The van der Waals surface area contributed by atoms with Crippen LogP contribution in [0.25, 0.3) is 0 Å². The molecular formula is C23H30ClN3O7S. The van der Waals surface area contributed by atoms with Crippen LogP contribution in [0.15, 0.2) is 29.3 Å². The lowest BCUT2D eigenvalue weighted by molar-refractivity contribution is -0.154. The van der Waals surface area contributed by atoms with E-state index in [4.69, 9.17) is 21.1 Å². The first-order chi connectivity index (χ1) is 16.2. The summed E-state index contributed by atoms with van der Waals surface area (Å²) in [6, 6.07) is 4.79. The minimum Gasteiger partial charge on any atom is -0.486 e. The minimum atomic E-state index is -4.18. The highest BCUT2D eigenvalue weighted by molar-refractivity contribution is 7.93. The average molecular weight is 528 g/mol. The number of ether oxygens (including phenoxy) is 2. The smallest absolute Gasteiger partial charge is 0.310 e. The highest BCUT2D eigenvalue weighted by Crippen LogP contribution is 2.40. The first-order valence-electron chi connectivity index (χ1n) is 11.2. The quantitative estimate of drug-likeness (QED) is 0.516. The maximum atomic E-state index is 13.7. The van der Waals surface area contributed by atoms with E-state index in [-0.39, 0.29) is 40.9 Å². The van der Waals surface area contributed by atoms with Crippen LogP contribution in [0.1, 0.15) is 46.6 Å². The van der Waals surface area contributed by atoms with Gasteiger partial charge >= 0.3 is 11.9 Å². The normalized spacial score (nSPS) is 16.9. The van der Waals surface area contributed by atoms with E-state index in [1.807, 2.05) is 0 Å². The van der Waals surface area contributed by atoms with E-state index in [1.165, 1.54) is 17.8 Å². The van der Waals surface area contributed by atoms with Crippen molar-refractivity contribution in [2.75, 3.05) is 10.8 Å². The number of esters is 1. The summed E-state index contributed by atoms with van der Waals surface area (Å²) in [5, 5.41) is 13.2. The van der Waals surface area contributed by atoms with Crippen LogP contribution in [-0.2, 0) is 37.3 Å². The topological polar surface area (TPSA) is 128 Å². The third kappa shape index (κ3) is 6.26. The molecule has 0 radical (unpaired) electrons. The highest BCUT2D eigenvalue weighted by Gasteiger charge is 2.38. The Morgan fingerprint density at radius 1 is 1.34 bits per heavy atom. The van der Waals surface area contributed by atoms with Crippen molar-refractivity contribution in [1.82, 2.24) is 9.78 Å². The number of anilines is 1. The van der Waals surface area contributed by atoms with Crippen LogP contribution in [0.4, 0.5) is 5.69 Å². The molecule has 2 heterocycles. The second kappa shape index (κ2) is 10.1. The van der Waals surface area contributed by atoms with Crippen molar-refractivity contribution in [2.45, 2.75) is 70.6 Å². The van der Waals surface area contributed by atoms with Crippen LogP contribution in [0.5, 0.6) is 5.75 Å². The number of sulfonamides is 1. The number of carbonyl (C=O) groups excluding carboxylic acids is 1. The number of aromatic nitrogens is 2.